The summed E-state index contributed by atoms with van der Waals surface area (Å²) < 4.78 is 9.70. The van der Waals surface area contributed by atoms with Gasteiger partial charge in [-0.3, -0.25) is 0 Å². The Hall–Kier alpha value is -1.52. The van der Waals surface area contributed by atoms with Crippen molar-refractivity contribution < 1.29 is 19.1 Å². The summed E-state index contributed by atoms with van der Waals surface area (Å²) in [5.41, 5.74) is 0. The third kappa shape index (κ3) is 6.06. The second kappa shape index (κ2) is 8.76. The van der Waals surface area contributed by atoms with Gasteiger partial charge in [0.25, 0.3) is 0 Å². The van der Waals surface area contributed by atoms with Gasteiger partial charge in [-0.15, -0.1) is 0 Å². The van der Waals surface area contributed by atoms with E-state index in [1.165, 1.54) is 0 Å². The van der Waals surface area contributed by atoms with Crippen molar-refractivity contribution in [1.29, 1.82) is 0 Å². The topological polar surface area (TPSA) is 55.8 Å². The molecule has 0 aromatic carbocycles. The molecule has 0 saturated heterocycles. The van der Waals surface area contributed by atoms with Crippen LogP contribution in [0.1, 0.15) is 20.3 Å². The Kier molecular flexibility index (Phi) is 7.93. The predicted octanol–water partition coefficient (Wildman–Crippen LogP) is 1.58. The van der Waals surface area contributed by atoms with E-state index < -0.39 is 5.97 Å². The zero-order chi connectivity index (χ0) is 12.4. The Morgan fingerprint density at radius 1 is 1.19 bits per heavy atom. The van der Waals surface area contributed by atoms with Gasteiger partial charge in [-0.25, -0.2) is 9.59 Å². The molecular weight excluding hydrogens is 210 g/mol. The first-order valence-corrected chi connectivity index (χ1v) is 5.36. The Balaban J connectivity index is 3.54. The highest BCUT2D eigenvalue weighted by atomic mass is 16.6. The number of nitrogens with zero attached hydrogens (tertiary/aromatic N) is 1. The van der Waals surface area contributed by atoms with Gasteiger partial charge in [0.2, 0.25) is 0 Å². The SMILES string of the molecule is C=CC(=O)OCCCOC(=O)N(CC)CC. The van der Waals surface area contributed by atoms with Crippen LogP contribution >= 0.6 is 0 Å². The van der Waals surface area contributed by atoms with Crippen LogP contribution in [0.4, 0.5) is 4.79 Å². The fraction of sp³-hybridized carbons (Fsp3) is 0.636. The molecule has 5 heteroatoms. The molecule has 5 nitrogen and oxygen atoms in total. The highest BCUT2D eigenvalue weighted by molar-refractivity contribution is 5.81. The molecule has 92 valence electrons. The van der Waals surface area contributed by atoms with Crippen molar-refractivity contribution in [3.8, 4) is 0 Å². The maximum absolute atomic E-state index is 11.3. The first-order chi connectivity index (χ1) is 7.65. The molecule has 0 spiro atoms. The van der Waals surface area contributed by atoms with Crippen LogP contribution < -0.4 is 0 Å². The molecule has 0 atom stereocenters. The van der Waals surface area contributed by atoms with E-state index in [4.69, 9.17) is 9.47 Å². The molecule has 0 saturated carbocycles. The molecule has 0 aliphatic carbocycles. The van der Waals surface area contributed by atoms with E-state index in [-0.39, 0.29) is 19.3 Å². The van der Waals surface area contributed by atoms with Crippen LogP contribution in [0.5, 0.6) is 0 Å². The highest BCUT2D eigenvalue weighted by Gasteiger charge is 2.09. The van der Waals surface area contributed by atoms with Crippen molar-refractivity contribution in [1.82, 2.24) is 4.90 Å². The number of amides is 1. The summed E-state index contributed by atoms with van der Waals surface area (Å²) in [4.78, 5) is 23.6. The Morgan fingerprint density at radius 3 is 2.25 bits per heavy atom. The van der Waals surface area contributed by atoms with Gasteiger partial charge < -0.3 is 14.4 Å². The molecule has 0 heterocycles. The number of rotatable bonds is 7. The fourth-order valence-corrected chi connectivity index (χ4v) is 1.02. The molecule has 0 bridgehead atoms. The van der Waals surface area contributed by atoms with Crippen LogP contribution in [0.2, 0.25) is 0 Å². The summed E-state index contributed by atoms with van der Waals surface area (Å²) in [5.74, 6) is -0.463. The van der Waals surface area contributed by atoms with Crippen molar-refractivity contribution in [2.45, 2.75) is 20.3 Å². The van der Waals surface area contributed by atoms with Crippen molar-refractivity contribution >= 4 is 12.1 Å². The van der Waals surface area contributed by atoms with Gasteiger partial charge >= 0.3 is 12.1 Å². The summed E-state index contributed by atoms with van der Waals surface area (Å²) in [6.45, 7) is 8.77. The minimum absolute atomic E-state index is 0.233. The van der Waals surface area contributed by atoms with Crippen LogP contribution in [0, 0.1) is 0 Å². The molecule has 0 aromatic heterocycles. The lowest BCUT2D eigenvalue weighted by atomic mass is 10.5. The number of hydrogen-bond donors (Lipinski definition) is 0. The van der Waals surface area contributed by atoms with Gasteiger partial charge in [0.1, 0.15) is 0 Å². The average molecular weight is 229 g/mol. The van der Waals surface area contributed by atoms with E-state index in [2.05, 4.69) is 6.58 Å². The number of ether oxygens (including phenoxy) is 2. The van der Waals surface area contributed by atoms with Crippen molar-refractivity contribution in [3.05, 3.63) is 12.7 Å². The molecular formula is C11H19NO4. The molecule has 0 N–H and O–H groups in total. The molecule has 0 aliphatic heterocycles. The standard InChI is InChI=1S/C11H19NO4/c1-4-10(13)15-8-7-9-16-11(14)12(5-2)6-3/h4H,1,5-9H2,2-3H3. The number of carbonyl (C=O) groups excluding carboxylic acids is 2. The highest BCUT2D eigenvalue weighted by Crippen LogP contribution is 1.95. The summed E-state index contributed by atoms with van der Waals surface area (Å²) in [6.07, 6.45) is 1.26. The van der Waals surface area contributed by atoms with Gasteiger partial charge in [0.05, 0.1) is 13.2 Å². The monoisotopic (exact) mass is 229 g/mol. The minimum Gasteiger partial charge on any atom is -0.462 e. The van der Waals surface area contributed by atoms with Gasteiger partial charge in [0, 0.05) is 25.6 Å². The van der Waals surface area contributed by atoms with Crippen molar-refractivity contribution in [2.75, 3.05) is 26.3 Å². The summed E-state index contributed by atoms with van der Waals surface area (Å²) in [6, 6.07) is 0. The zero-order valence-electron chi connectivity index (χ0n) is 9.90. The third-order valence-corrected chi connectivity index (χ3v) is 1.95. The minimum atomic E-state index is -0.463. The number of carbonyl (C=O) groups is 2. The lowest BCUT2D eigenvalue weighted by molar-refractivity contribution is -0.138. The van der Waals surface area contributed by atoms with Crippen LogP contribution in [0.15, 0.2) is 12.7 Å². The summed E-state index contributed by atoms with van der Waals surface area (Å²) in [7, 11) is 0. The van der Waals surface area contributed by atoms with E-state index in [0.29, 0.717) is 19.5 Å². The molecule has 0 radical (unpaired) electrons. The average Bonchev–Trinajstić information content (AvgIpc) is 2.29. The van der Waals surface area contributed by atoms with E-state index >= 15 is 0 Å². The van der Waals surface area contributed by atoms with Crippen LogP contribution in [0.25, 0.3) is 0 Å². The molecule has 16 heavy (non-hydrogen) atoms. The normalized spacial score (nSPS) is 9.38. The van der Waals surface area contributed by atoms with Crippen LogP contribution in [-0.4, -0.2) is 43.3 Å². The largest absolute Gasteiger partial charge is 0.462 e. The Labute approximate surface area is 96.0 Å². The van der Waals surface area contributed by atoms with E-state index in [9.17, 15) is 9.59 Å². The maximum Gasteiger partial charge on any atom is 0.409 e. The second-order valence-corrected chi connectivity index (χ2v) is 3.01. The lowest BCUT2D eigenvalue weighted by Crippen LogP contribution is -2.31. The van der Waals surface area contributed by atoms with E-state index in [1.54, 1.807) is 4.90 Å². The first-order valence-electron chi connectivity index (χ1n) is 5.36. The Bertz CT molecular complexity index is 236. The number of esters is 1. The third-order valence-electron chi connectivity index (χ3n) is 1.95. The van der Waals surface area contributed by atoms with Gasteiger partial charge in [-0.1, -0.05) is 6.58 Å². The maximum atomic E-state index is 11.3. The molecule has 0 unspecified atom stereocenters. The van der Waals surface area contributed by atoms with E-state index in [0.717, 1.165) is 6.08 Å². The van der Waals surface area contributed by atoms with Gasteiger partial charge in [-0.05, 0) is 13.8 Å². The molecule has 1 amide bonds. The summed E-state index contributed by atoms with van der Waals surface area (Å²) in [5, 5.41) is 0. The molecule has 0 fully saturated rings. The predicted molar refractivity (Wildman–Crippen MR) is 60.0 cm³/mol. The quantitative estimate of drug-likeness (QED) is 0.378. The van der Waals surface area contributed by atoms with Crippen LogP contribution in [-0.2, 0) is 14.3 Å². The van der Waals surface area contributed by atoms with Gasteiger partial charge in [0.15, 0.2) is 0 Å². The lowest BCUT2D eigenvalue weighted by Gasteiger charge is -2.17. The smallest absolute Gasteiger partial charge is 0.409 e. The number of hydrogen-bond acceptors (Lipinski definition) is 4. The second-order valence-electron chi connectivity index (χ2n) is 3.01. The van der Waals surface area contributed by atoms with E-state index in [1.807, 2.05) is 13.8 Å². The zero-order valence-corrected chi connectivity index (χ0v) is 9.90. The fourth-order valence-electron chi connectivity index (χ4n) is 1.02. The molecule has 0 rings (SSSR count). The van der Waals surface area contributed by atoms with Crippen LogP contribution in [0.3, 0.4) is 0 Å². The summed E-state index contributed by atoms with van der Waals surface area (Å²) >= 11 is 0. The van der Waals surface area contributed by atoms with Crippen molar-refractivity contribution in [3.63, 3.8) is 0 Å². The Morgan fingerprint density at radius 2 is 1.75 bits per heavy atom. The molecule has 0 aliphatic rings. The molecule has 0 aromatic rings. The first kappa shape index (κ1) is 14.5. The van der Waals surface area contributed by atoms with Crippen molar-refractivity contribution in [2.24, 2.45) is 0 Å². The van der Waals surface area contributed by atoms with Gasteiger partial charge in [-0.2, -0.15) is 0 Å².